The summed E-state index contributed by atoms with van der Waals surface area (Å²) in [4.78, 5) is 24.0. The number of benzene rings is 1. The molecule has 0 unspecified atom stereocenters. The minimum absolute atomic E-state index is 0.0138. The number of nitrogens with two attached hydrogens (primary N) is 1. The number of rotatable bonds is 4. The van der Waals surface area contributed by atoms with Gasteiger partial charge in [0.2, 0.25) is 5.91 Å². The van der Waals surface area contributed by atoms with Crippen molar-refractivity contribution in [2.75, 3.05) is 18.0 Å². The van der Waals surface area contributed by atoms with Gasteiger partial charge in [-0.05, 0) is 49.1 Å². The Morgan fingerprint density at radius 2 is 2.00 bits per heavy atom. The predicted molar refractivity (Wildman–Crippen MR) is 82.0 cm³/mol. The Hall–Kier alpha value is -2.30. The van der Waals surface area contributed by atoms with Gasteiger partial charge in [0.05, 0.1) is 0 Å². The Morgan fingerprint density at radius 3 is 2.52 bits per heavy atom. The molecule has 1 aliphatic rings. The summed E-state index contributed by atoms with van der Waals surface area (Å²) < 4.78 is 0. The molecule has 112 valence electrons. The van der Waals surface area contributed by atoms with Crippen molar-refractivity contribution in [1.82, 2.24) is 0 Å². The van der Waals surface area contributed by atoms with Crippen molar-refractivity contribution in [3.8, 4) is 0 Å². The number of aliphatic carboxylic acids is 1. The standard InChI is InChI=1S/C16H20N2O3/c1-11-10-14(4-2-12(11)3-5-15(19)20)18-8-6-13(7-9-18)16(17)21/h2-5,10,13H,6-9H2,1H3,(H2,17,21)(H,19,20). The maximum atomic E-state index is 11.2. The highest BCUT2D eigenvalue weighted by Gasteiger charge is 2.23. The Kier molecular flexibility index (Phi) is 4.62. The molecule has 5 heteroatoms. The zero-order chi connectivity index (χ0) is 15.4. The molecule has 1 aromatic rings. The zero-order valence-corrected chi connectivity index (χ0v) is 12.1. The van der Waals surface area contributed by atoms with Crippen LogP contribution in [0.5, 0.6) is 0 Å². The van der Waals surface area contributed by atoms with E-state index in [0.29, 0.717) is 0 Å². The first-order valence-corrected chi connectivity index (χ1v) is 7.03. The number of aryl methyl sites for hydroxylation is 1. The van der Waals surface area contributed by atoms with E-state index >= 15 is 0 Å². The zero-order valence-electron chi connectivity index (χ0n) is 12.1. The van der Waals surface area contributed by atoms with Crippen molar-refractivity contribution < 1.29 is 14.7 Å². The normalized spacial score (nSPS) is 16.3. The Bertz CT molecular complexity index is 573. The Morgan fingerprint density at radius 1 is 1.33 bits per heavy atom. The average molecular weight is 288 g/mol. The van der Waals surface area contributed by atoms with Crippen LogP contribution in [-0.2, 0) is 9.59 Å². The molecule has 0 radical (unpaired) electrons. The average Bonchev–Trinajstić information content (AvgIpc) is 2.46. The summed E-state index contributed by atoms with van der Waals surface area (Å²) >= 11 is 0. The van der Waals surface area contributed by atoms with Gasteiger partial charge in [-0.15, -0.1) is 0 Å². The van der Waals surface area contributed by atoms with Crippen LogP contribution in [-0.4, -0.2) is 30.1 Å². The van der Waals surface area contributed by atoms with Crippen LogP contribution in [0.2, 0.25) is 0 Å². The molecule has 1 saturated heterocycles. The second kappa shape index (κ2) is 6.43. The van der Waals surface area contributed by atoms with Gasteiger partial charge in [-0.2, -0.15) is 0 Å². The van der Waals surface area contributed by atoms with E-state index in [0.717, 1.165) is 48.8 Å². The summed E-state index contributed by atoms with van der Waals surface area (Å²) in [5, 5.41) is 8.66. The Balaban J connectivity index is 2.07. The molecule has 1 heterocycles. The molecular weight excluding hydrogens is 268 g/mol. The van der Waals surface area contributed by atoms with E-state index in [1.165, 1.54) is 0 Å². The smallest absolute Gasteiger partial charge is 0.328 e. The lowest BCUT2D eigenvalue weighted by Gasteiger charge is -2.32. The number of carboxylic acid groups (broad SMARTS) is 1. The van der Waals surface area contributed by atoms with E-state index in [1.54, 1.807) is 6.08 Å². The number of carboxylic acids is 1. The van der Waals surface area contributed by atoms with Crippen LogP contribution in [0.3, 0.4) is 0 Å². The quantitative estimate of drug-likeness (QED) is 0.827. The molecule has 5 nitrogen and oxygen atoms in total. The number of carbonyl (C=O) groups is 2. The molecule has 0 saturated carbocycles. The molecule has 0 aliphatic carbocycles. The summed E-state index contributed by atoms with van der Waals surface area (Å²) in [6.07, 6.45) is 4.31. The fraction of sp³-hybridized carbons (Fsp3) is 0.375. The van der Waals surface area contributed by atoms with Gasteiger partial charge in [-0.1, -0.05) is 6.07 Å². The van der Waals surface area contributed by atoms with Gasteiger partial charge in [0.25, 0.3) is 0 Å². The van der Waals surface area contributed by atoms with Gasteiger partial charge < -0.3 is 15.7 Å². The third kappa shape index (κ3) is 3.84. The van der Waals surface area contributed by atoms with E-state index in [9.17, 15) is 9.59 Å². The topological polar surface area (TPSA) is 83.6 Å². The van der Waals surface area contributed by atoms with Gasteiger partial charge in [0.15, 0.2) is 0 Å². The van der Waals surface area contributed by atoms with Crippen LogP contribution in [0.25, 0.3) is 6.08 Å². The van der Waals surface area contributed by atoms with E-state index in [4.69, 9.17) is 10.8 Å². The van der Waals surface area contributed by atoms with Gasteiger partial charge in [0, 0.05) is 30.8 Å². The molecule has 2 rings (SSSR count). The molecule has 1 amide bonds. The number of nitrogens with zero attached hydrogens (tertiary/aromatic N) is 1. The first-order valence-electron chi connectivity index (χ1n) is 7.03. The first-order chi connectivity index (χ1) is 9.97. The van der Waals surface area contributed by atoms with Crippen molar-refractivity contribution in [2.45, 2.75) is 19.8 Å². The van der Waals surface area contributed by atoms with Crippen LogP contribution >= 0.6 is 0 Å². The van der Waals surface area contributed by atoms with E-state index in [-0.39, 0.29) is 11.8 Å². The second-order valence-electron chi connectivity index (χ2n) is 5.38. The number of hydrogen-bond donors (Lipinski definition) is 2. The number of piperidine rings is 1. The van der Waals surface area contributed by atoms with E-state index < -0.39 is 5.97 Å². The fourth-order valence-electron chi connectivity index (χ4n) is 2.63. The number of amides is 1. The van der Waals surface area contributed by atoms with Crippen LogP contribution in [0, 0.1) is 12.8 Å². The van der Waals surface area contributed by atoms with Gasteiger partial charge in [0.1, 0.15) is 0 Å². The van der Waals surface area contributed by atoms with E-state index in [2.05, 4.69) is 4.90 Å². The van der Waals surface area contributed by atoms with Crippen LogP contribution in [0.1, 0.15) is 24.0 Å². The maximum Gasteiger partial charge on any atom is 0.328 e. The lowest BCUT2D eigenvalue weighted by atomic mass is 9.95. The number of carbonyl (C=O) groups excluding carboxylic acids is 1. The van der Waals surface area contributed by atoms with E-state index in [1.807, 2.05) is 25.1 Å². The minimum Gasteiger partial charge on any atom is -0.478 e. The highest BCUT2D eigenvalue weighted by atomic mass is 16.4. The third-order valence-corrected chi connectivity index (χ3v) is 3.92. The van der Waals surface area contributed by atoms with Crippen molar-refractivity contribution in [1.29, 1.82) is 0 Å². The fourth-order valence-corrected chi connectivity index (χ4v) is 2.63. The molecule has 0 aromatic heterocycles. The largest absolute Gasteiger partial charge is 0.478 e. The lowest BCUT2D eigenvalue weighted by molar-refractivity contribution is -0.131. The maximum absolute atomic E-state index is 11.2. The first kappa shape index (κ1) is 15.1. The summed E-state index contributed by atoms with van der Waals surface area (Å²) in [5.41, 5.74) is 8.37. The molecule has 0 spiro atoms. The Labute approximate surface area is 124 Å². The molecule has 1 aromatic carbocycles. The van der Waals surface area contributed by atoms with Crippen molar-refractivity contribution in [3.63, 3.8) is 0 Å². The van der Waals surface area contributed by atoms with Crippen LogP contribution in [0.4, 0.5) is 5.69 Å². The number of anilines is 1. The highest BCUT2D eigenvalue weighted by molar-refractivity contribution is 5.85. The molecule has 0 atom stereocenters. The van der Waals surface area contributed by atoms with Crippen molar-refractivity contribution in [3.05, 3.63) is 35.4 Å². The molecule has 3 N–H and O–H groups in total. The van der Waals surface area contributed by atoms with Crippen molar-refractivity contribution in [2.24, 2.45) is 11.7 Å². The predicted octanol–water partition coefficient (Wildman–Crippen LogP) is 1.79. The van der Waals surface area contributed by atoms with Gasteiger partial charge >= 0.3 is 5.97 Å². The molecule has 1 aliphatic heterocycles. The molecule has 0 bridgehead atoms. The summed E-state index contributed by atoms with van der Waals surface area (Å²) in [6.45, 7) is 3.59. The summed E-state index contributed by atoms with van der Waals surface area (Å²) in [7, 11) is 0. The summed E-state index contributed by atoms with van der Waals surface area (Å²) in [5.74, 6) is -1.17. The van der Waals surface area contributed by atoms with Crippen molar-refractivity contribution >= 4 is 23.6 Å². The van der Waals surface area contributed by atoms with Crippen LogP contribution in [0.15, 0.2) is 24.3 Å². The number of hydrogen-bond acceptors (Lipinski definition) is 3. The summed E-state index contributed by atoms with van der Waals surface area (Å²) in [6, 6.07) is 5.95. The van der Waals surface area contributed by atoms with Crippen LogP contribution < -0.4 is 10.6 Å². The monoisotopic (exact) mass is 288 g/mol. The highest BCUT2D eigenvalue weighted by Crippen LogP contribution is 2.25. The number of primary amides is 1. The second-order valence-corrected chi connectivity index (χ2v) is 5.38. The SMILES string of the molecule is Cc1cc(N2CCC(C(N)=O)CC2)ccc1C=CC(=O)O. The lowest BCUT2D eigenvalue weighted by Crippen LogP contribution is -2.38. The van der Waals surface area contributed by atoms with Gasteiger partial charge in [-0.25, -0.2) is 4.79 Å². The molecular formula is C16H20N2O3. The molecule has 21 heavy (non-hydrogen) atoms. The van der Waals surface area contributed by atoms with Gasteiger partial charge in [-0.3, -0.25) is 4.79 Å². The molecule has 1 fully saturated rings. The third-order valence-electron chi connectivity index (χ3n) is 3.92. The minimum atomic E-state index is -0.952.